The van der Waals surface area contributed by atoms with Crippen LogP contribution in [0.15, 0.2) is 36.5 Å². The van der Waals surface area contributed by atoms with Gasteiger partial charge in [-0.15, -0.1) is 0 Å². The molecule has 12 heteroatoms. The summed E-state index contributed by atoms with van der Waals surface area (Å²) in [4.78, 5) is 35.2. The molecule has 1 aromatic heterocycles. The Kier molecular flexibility index (Phi) is 9.60. The zero-order valence-corrected chi connectivity index (χ0v) is 25.4. The number of nitrogens with one attached hydrogen (secondary N) is 1. The maximum absolute atomic E-state index is 14.3. The van der Waals surface area contributed by atoms with E-state index in [9.17, 15) is 27.9 Å². The van der Waals surface area contributed by atoms with Gasteiger partial charge in [-0.25, -0.2) is 9.78 Å². The van der Waals surface area contributed by atoms with E-state index in [-0.39, 0.29) is 12.3 Å². The maximum Gasteiger partial charge on any atom is 0.416 e. The number of anilines is 1. The number of pyridine rings is 1. The van der Waals surface area contributed by atoms with Crippen LogP contribution in [0.3, 0.4) is 0 Å². The van der Waals surface area contributed by atoms with Crippen LogP contribution < -0.4 is 15.0 Å². The standard InChI is InChI=1S/C31H41F3N4O5/c1-30(2,3)23-24(36-17-18-12-13-19(31(32,33)34)16-22(18)42-6)25(20-10-9-14-35-27(20)37(4)5)38(26(23)29(40)41)28(39)21-11-7-8-15-43-21/h9-10,12-14,16,21,23-26,36H,7-8,11,15,17H2,1-6H3,(H,40,41)/t21-,23+,24+,25+,26+/m1/s1. The fourth-order valence-electron chi connectivity index (χ4n) is 6.46. The summed E-state index contributed by atoms with van der Waals surface area (Å²) >= 11 is 0. The second-order valence-electron chi connectivity index (χ2n) is 12.5. The van der Waals surface area contributed by atoms with Crippen LogP contribution in [0, 0.1) is 11.3 Å². The third-order valence-corrected chi connectivity index (χ3v) is 8.33. The highest BCUT2D eigenvalue weighted by Gasteiger charge is 2.59. The number of ether oxygens (including phenoxy) is 2. The first kappa shape index (κ1) is 32.5. The fraction of sp³-hybridized carbons (Fsp3) is 0.581. The number of carbonyl (C=O) groups excluding carboxylic acids is 1. The summed E-state index contributed by atoms with van der Waals surface area (Å²) in [6.07, 6.45) is -1.56. The Balaban J connectivity index is 1.86. The van der Waals surface area contributed by atoms with E-state index in [0.29, 0.717) is 30.0 Å². The number of aromatic nitrogens is 1. The highest BCUT2D eigenvalue weighted by molar-refractivity contribution is 5.88. The third kappa shape index (κ3) is 6.75. The van der Waals surface area contributed by atoms with Crippen LogP contribution in [0.2, 0.25) is 0 Å². The lowest BCUT2D eigenvalue weighted by molar-refractivity contribution is -0.159. The molecule has 1 aromatic carbocycles. The quantitative estimate of drug-likeness (QED) is 0.438. The molecular formula is C31H41F3N4O5. The summed E-state index contributed by atoms with van der Waals surface area (Å²) in [6.45, 7) is 6.28. The molecule has 2 fully saturated rings. The number of hydrogen-bond donors (Lipinski definition) is 2. The van der Waals surface area contributed by atoms with Crippen molar-refractivity contribution >= 4 is 17.7 Å². The Bertz CT molecular complexity index is 1310. The molecule has 0 radical (unpaired) electrons. The Morgan fingerprint density at radius 2 is 1.91 bits per heavy atom. The Labute approximate surface area is 250 Å². The summed E-state index contributed by atoms with van der Waals surface area (Å²) in [7, 11) is 4.95. The molecule has 2 N–H and O–H groups in total. The maximum atomic E-state index is 14.3. The number of nitrogens with zero attached hydrogens (tertiary/aromatic N) is 3. The molecule has 2 aliphatic rings. The van der Waals surface area contributed by atoms with E-state index in [2.05, 4.69) is 10.3 Å². The van der Waals surface area contributed by atoms with E-state index >= 15 is 0 Å². The minimum Gasteiger partial charge on any atom is -0.496 e. The number of carboxylic acids is 1. The number of benzene rings is 1. The van der Waals surface area contributed by atoms with E-state index in [1.54, 1.807) is 12.3 Å². The van der Waals surface area contributed by atoms with Crippen LogP contribution in [-0.2, 0) is 27.0 Å². The van der Waals surface area contributed by atoms with Gasteiger partial charge >= 0.3 is 12.1 Å². The monoisotopic (exact) mass is 606 g/mol. The molecule has 0 saturated carbocycles. The summed E-state index contributed by atoms with van der Waals surface area (Å²) in [5.74, 6) is -1.50. The molecule has 2 aromatic rings. The number of halogens is 3. The van der Waals surface area contributed by atoms with E-state index in [1.807, 2.05) is 45.8 Å². The number of amides is 1. The van der Waals surface area contributed by atoms with Gasteiger partial charge in [-0.3, -0.25) is 4.79 Å². The largest absolute Gasteiger partial charge is 0.496 e. The Morgan fingerprint density at radius 3 is 2.47 bits per heavy atom. The van der Waals surface area contributed by atoms with Crippen molar-refractivity contribution in [1.29, 1.82) is 0 Å². The van der Waals surface area contributed by atoms with Crippen LogP contribution in [0.4, 0.5) is 19.0 Å². The highest BCUT2D eigenvalue weighted by Crippen LogP contribution is 2.50. The Morgan fingerprint density at radius 1 is 1.19 bits per heavy atom. The van der Waals surface area contributed by atoms with Crippen molar-refractivity contribution in [2.45, 2.75) is 77.0 Å². The van der Waals surface area contributed by atoms with Crippen LogP contribution in [0.25, 0.3) is 0 Å². The lowest BCUT2D eigenvalue weighted by atomic mass is 9.72. The topological polar surface area (TPSA) is 104 Å². The number of methoxy groups -OCH3 is 1. The smallest absolute Gasteiger partial charge is 0.416 e. The average molecular weight is 607 g/mol. The summed E-state index contributed by atoms with van der Waals surface area (Å²) in [5.41, 5.74) is -0.313. The van der Waals surface area contributed by atoms with Crippen molar-refractivity contribution in [3.05, 3.63) is 53.2 Å². The molecule has 0 unspecified atom stereocenters. The van der Waals surface area contributed by atoms with Crippen molar-refractivity contribution in [2.24, 2.45) is 11.3 Å². The molecule has 1 amide bonds. The molecule has 5 atom stereocenters. The minimum absolute atomic E-state index is 0.0536. The SMILES string of the molecule is COc1cc(C(F)(F)F)ccc1CN[C@H]1[C@H](C(C)(C)C)[C@@H](C(=O)O)N(C(=O)[C@H]2CCCCO2)[C@H]1c1cccnc1N(C)C. The molecule has 0 bridgehead atoms. The van der Waals surface area contributed by atoms with Gasteiger partial charge in [0.25, 0.3) is 5.91 Å². The molecule has 4 rings (SSSR count). The van der Waals surface area contributed by atoms with Crippen molar-refractivity contribution in [3.63, 3.8) is 0 Å². The van der Waals surface area contributed by atoms with E-state index in [1.165, 1.54) is 18.1 Å². The van der Waals surface area contributed by atoms with Gasteiger partial charge in [0.1, 0.15) is 23.7 Å². The Hall–Kier alpha value is -3.38. The average Bonchev–Trinajstić information content (AvgIpc) is 3.31. The summed E-state index contributed by atoms with van der Waals surface area (Å²) in [5, 5.41) is 14.2. The first-order chi connectivity index (χ1) is 20.2. The van der Waals surface area contributed by atoms with Gasteiger partial charge in [0, 0.05) is 56.5 Å². The van der Waals surface area contributed by atoms with Gasteiger partial charge in [-0.1, -0.05) is 32.9 Å². The molecule has 43 heavy (non-hydrogen) atoms. The van der Waals surface area contributed by atoms with E-state index < -0.39 is 59.2 Å². The molecule has 2 aliphatic heterocycles. The summed E-state index contributed by atoms with van der Waals surface area (Å²) < 4.78 is 51.4. The van der Waals surface area contributed by atoms with E-state index in [0.717, 1.165) is 25.0 Å². The minimum atomic E-state index is -4.53. The number of aliphatic carboxylic acids is 1. The zero-order valence-electron chi connectivity index (χ0n) is 25.4. The van der Waals surface area contributed by atoms with Gasteiger partial charge in [0.05, 0.1) is 18.7 Å². The number of carboxylic acid groups (broad SMARTS) is 1. The van der Waals surface area contributed by atoms with Crippen LogP contribution in [0.5, 0.6) is 5.75 Å². The lowest BCUT2D eigenvalue weighted by Crippen LogP contribution is -2.51. The number of likely N-dealkylation sites (tertiary alicyclic amines) is 1. The van der Waals surface area contributed by atoms with Crippen molar-refractivity contribution in [2.75, 3.05) is 32.7 Å². The number of rotatable bonds is 8. The predicted molar refractivity (Wildman–Crippen MR) is 155 cm³/mol. The molecule has 236 valence electrons. The van der Waals surface area contributed by atoms with Crippen molar-refractivity contribution < 1.29 is 37.3 Å². The molecule has 0 spiro atoms. The predicted octanol–water partition coefficient (Wildman–Crippen LogP) is 4.90. The van der Waals surface area contributed by atoms with Crippen LogP contribution in [0.1, 0.15) is 62.8 Å². The second kappa shape index (κ2) is 12.7. The molecule has 9 nitrogen and oxygen atoms in total. The first-order valence-corrected chi connectivity index (χ1v) is 14.4. The van der Waals surface area contributed by atoms with Gasteiger partial charge in [-0.2, -0.15) is 13.2 Å². The third-order valence-electron chi connectivity index (χ3n) is 8.33. The van der Waals surface area contributed by atoms with Gasteiger partial charge in [-0.05, 0) is 42.9 Å². The molecule has 2 saturated heterocycles. The summed E-state index contributed by atoms with van der Waals surface area (Å²) in [6, 6.07) is 4.29. The number of carbonyl (C=O) groups is 2. The number of hydrogen-bond acceptors (Lipinski definition) is 7. The van der Waals surface area contributed by atoms with Crippen molar-refractivity contribution in [1.82, 2.24) is 15.2 Å². The van der Waals surface area contributed by atoms with Crippen LogP contribution in [-0.4, -0.2) is 72.9 Å². The van der Waals surface area contributed by atoms with Crippen molar-refractivity contribution in [3.8, 4) is 5.75 Å². The van der Waals surface area contributed by atoms with Gasteiger partial charge < -0.3 is 29.7 Å². The normalized spacial score (nSPS) is 24.6. The van der Waals surface area contributed by atoms with Gasteiger partial charge in [0.15, 0.2) is 0 Å². The molecule has 3 heterocycles. The van der Waals surface area contributed by atoms with Crippen LogP contribution >= 0.6 is 0 Å². The molecule has 0 aliphatic carbocycles. The lowest BCUT2D eigenvalue weighted by Gasteiger charge is -2.36. The van der Waals surface area contributed by atoms with Gasteiger partial charge in [0.2, 0.25) is 0 Å². The fourth-order valence-corrected chi connectivity index (χ4v) is 6.46. The second-order valence-corrected chi connectivity index (χ2v) is 12.5. The highest BCUT2D eigenvalue weighted by atomic mass is 19.4. The first-order valence-electron chi connectivity index (χ1n) is 14.4. The zero-order chi connectivity index (χ0) is 31.7. The molecular weight excluding hydrogens is 565 g/mol. The number of alkyl halides is 3. The van der Waals surface area contributed by atoms with E-state index in [4.69, 9.17) is 9.47 Å².